The van der Waals surface area contributed by atoms with Crippen molar-refractivity contribution in [3.8, 4) is 17.2 Å². The molecule has 0 aliphatic carbocycles. The average Bonchev–Trinajstić information content (AvgIpc) is 3.03. The van der Waals surface area contributed by atoms with Crippen LogP contribution in [-0.2, 0) is 20.3 Å². The lowest BCUT2D eigenvalue weighted by Gasteiger charge is -2.11. The number of ether oxygens (including phenoxy) is 3. The first-order chi connectivity index (χ1) is 9.28. The van der Waals surface area contributed by atoms with Crippen molar-refractivity contribution in [2.45, 2.75) is 13.2 Å². The van der Waals surface area contributed by atoms with Crippen molar-refractivity contribution < 1.29 is 19.3 Å². The maximum absolute atomic E-state index is 9.37. The molecule has 6 nitrogen and oxygen atoms in total. The zero-order valence-electron chi connectivity index (χ0n) is 10.5. The zero-order chi connectivity index (χ0) is 13.2. The van der Waals surface area contributed by atoms with Crippen molar-refractivity contribution in [2.24, 2.45) is 7.05 Å². The van der Waals surface area contributed by atoms with Gasteiger partial charge in [-0.15, -0.1) is 0 Å². The number of aliphatic hydroxyl groups excluding tert-OH is 1. The number of hydrogen-bond donors (Lipinski definition) is 1. The molecule has 0 saturated heterocycles. The molecule has 1 aliphatic rings. The number of aliphatic hydroxyl groups is 1. The van der Waals surface area contributed by atoms with Crippen LogP contribution in [-0.4, -0.2) is 21.5 Å². The van der Waals surface area contributed by atoms with Crippen LogP contribution in [0, 0.1) is 0 Å². The molecule has 0 spiro atoms. The summed E-state index contributed by atoms with van der Waals surface area (Å²) >= 11 is 0. The summed E-state index contributed by atoms with van der Waals surface area (Å²) in [5.41, 5.74) is 1.62. The lowest BCUT2D eigenvalue weighted by molar-refractivity contribution is 0.173. The average molecular weight is 262 g/mol. The minimum absolute atomic E-state index is 0.114. The van der Waals surface area contributed by atoms with Gasteiger partial charge in [-0.25, -0.2) is 4.98 Å². The first-order valence-electron chi connectivity index (χ1n) is 5.89. The third-order valence-electron chi connectivity index (χ3n) is 3.02. The van der Waals surface area contributed by atoms with E-state index in [4.69, 9.17) is 14.2 Å². The van der Waals surface area contributed by atoms with E-state index in [2.05, 4.69) is 4.98 Å². The van der Waals surface area contributed by atoms with Gasteiger partial charge >= 0.3 is 0 Å². The van der Waals surface area contributed by atoms with Crippen LogP contribution < -0.4 is 14.2 Å². The van der Waals surface area contributed by atoms with Gasteiger partial charge in [-0.2, -0.15) is 0 Å². The van der Waals surface area contributed by atoms with Crippen LogP contribution in [0.5, 0.6) is 17.2 Å². The van der Waals surface area contributed by atoms with E-state index >= 15 is 0 Å². The minimum atomic E-state index is -0.114. The summed E-state index contributed by atoms with van der Waals surface area (Å²) in [5, 5.41) is 9.37. The Labute approximate surface area is 110 Å². The van der Waals surface area contributed by atoms with Gasteiger partial charge in [0.05, 0.1) is 24.8 Å². The monoisotopic (exact) mass is 262 g/mol. The fourth-order valence-corrected chi connectivity index (χ4v) is 1.90. The molecule has 1 N–H and O–H groups in total. The highest BCUT2D eigenvalue weighted by atomic mass is 16.7. The molecule has 1 aliphatic heterocycles. The first kappa shape index (κ1) is 11.9. The molecule has 6 heteroatoms. The Morgan fingerprint density at radius 2 is 2.16 bits per heavy atom. The number of imidazole rings is 1. The van der Waals surface area contributed by atoms with Crippen LogP contribution >= 0.6 is 0 Å². The van der Waals surface area contributed by atoms with Crippen LogP contribution in [0.4, 0.5) is 0 Å². The molecule has 0 atom stereocenters. The van der Waals surface area contributed by atoms with Crippen molar-refractivity contribution in [1.82, 2.24) is 9.55 Å². The molecule has 1 aromatic heterocycles. The summed E-state index contributed by atoms with van der Waals surface area (Å²) in [6.45, 7) is 0.464. The number of benzene rings is 1. The van der Waals surface area contributed by atoms with Gasteiger partial charge < -0.3 is 23.9 Å². The fraction of sp³-hybridized carbons (Fsp3) is 0.308. The Morgan fingerprint density at radius 1 is 1.37 bits per heavy atom. The van der Waals surface area contributed by atoms with E-state index < -0.39 is 0 Å². The predicted octanol–water partition coefficient (Wildman–Crippen LogP) is 1.22. The summed E-state index contributed by atoms with van der Waals surface area (Å²) in [6.07, 6.45) is 3.46. The number of rotatable bonds is 4. The second-order valence-corrected chi connectivity index (χ2v) is 4.26. The third kappa shape index (κ3) is 2.22. The molecule has 2 aromatic rings. The van der Waals surface area contributed by atoms with Crippen molar-refractivity contribution in [1.29, 1.82) is 0 Å². The summed E-state index contributed by atoms with van der Waals surface area (Å²) in [5.74, 6) is 1.86. The Hall–Kier alpha value is -2.21. The lowest BCUT2D eigenvalue weighted by Crippen LogP contribution is -2.03. The largest absolute Gasteiger partial charge is 0.487 e. The maximum atomic E-state index is 9.37. The van der Waals surface area contributed by atoms with Gasteiger partial charge in [0, 0.05) is 18.7 Å². The van der Waals surface area contributed by atoms with Crippen molar-refractivity contribution in [3.63, 3.8) is 0 Å². The molecule has 0 bridgehead atoms. The van der Waals surface area contributed by atoms with E-state index in [9.17, 15) is 5.11 Å². The van der Waals surface area contributed by atoms with Crippen molar-refractivity contribution in [2.75, 3.05) is 6.79 Å². The van der Waals surface area contributed by atoms with Gasteiger partial charge in [0.15, 0.2) is 11.5 Å². The SMILES string of the molecule is Cn1cncc1COc1cc2c(cc1CO)OCO2. The number of fused-ring (bicyclic) bond motifs is 1. The molecule has 19 heavy (non-hydrogen) atoms. The predicted molar refractivity (Wildman–Crippen MR) is 66.0 cm³/mol. The molecule has 100 valence electrons. The van der Waals surface area contributed by atoms with Gasteiger partial charge in [-0.05, 0) is 6.07 Å². The fourth-order valence-electron chi connectivity index (χ4n) is 1.90. The molecule has 1 aromatic carbocycles. The number of nitrogens with zero attached hydrogens (tertiary/aromatic N) is 2. The Balaban J connectivity index is 1.82. The molecule has 0 radical (unpaired) electrons. The Kier molecular flexibility index (Phi) is 3.00. The van der Waals surface area contributed by atoms with Crippen molar-refractivity contribution in [3.05, 3.63) is 35.9 Å². The second kappa shape index (κ2) is 4.81. The highest BCUT2D eigenvalue weighted by molar-refractivity contribution is 5.51. The van der Waals surface area contributed by atoms with Gasteiger partial charge in [0.1, 0.15) is 12.4 Å². The number of hydrogen-bond acceptors (Lipinski definition) is 5. The molecular weight excluding hydrogens is 248 g/mol. The van der Waals surface area contributed by atoms with E-state index in [0.29, 0.717) is 29.4 Å². The normalized spacial score (nSPS) is 12.7. The van der Waals surface area contributed by atoms with Gasteiger partial charge in [-0.3, -0.25) is 0 Å². The first-order valence-corrected chi connectivity index (χ1v) is 5.89. The summed E-state index contributed by atoms with van der Waals surface area (Å²) in [6, 6.07) is 3.48. The Bertz CT molecular complexity index is 594. The Morgan fingerprint density at radius 3 is 2.84 bits per heavy atom. The van der Waals surface area contributed by atoms with E-state index in [1.165, 1.54) is 0 Å². The summed E-state index contributed by atoms with van der Waals surface area (Å²) in [4.78, 5) is 4.02. The molecule has 3 rings (SSSR count). The van der Waals surface area contributed by atoms with E-state index in [0.717, 1.165) is 5.69 Å². The molecular formula is C13H14N2O4. The lowest BCUT2D eigenvalue weighted by atomic mass is 10.2. The van der Waals surface area contributed by atoms with Crippen molar-refractivity contribution >= 4 is 0 Å². The molecule has 0 unspecified atom stereocenters. The standard InChI is InChI=1S/C13H14N2O4/c1-15-7-14-4-10(15)6-17-11-3-13-12(18-8-19-13)2-9(11)5-16/h2-4,7,16H,5-6,8H2,1H3. The molecule has 0 fully saturated rings. The smallest absolute Gasteiger partial charge is 0.231 e. The molecule has 0 amide bonds. The van der Waals surface area contributed by atoms with Crippen LogP contribution in [0.15, 0.2) is 24.7 Å². The topological polar surface area (TPSA) is 65.7 Å². The van der Waals surface area contributed by atoms with Gasteiger partial charge in [-0.1, -0.05) is 0 Å². The van der Waals surface area contributed by atoms with Crippen LogP contribution in [0.3, 0.4) is 0 Å². The van der Waals surface area contributed by atoms with Gasteiger partial charge in [0.2, 0.25) is 6.79 Å². The third-order valence-corrected chi connectivity index (χ3v) is 3.02. The number of aromatic nitrogens is 2. The quantitative estimate of drug-likeness (QED) is 0.897. The molecule has 2 heterocycles. The number of aryl methyl sites for hydroxylation is 1. The van der Waals surface area contributed by atoms with Crippen LogP contribution in [0.25, 0.3) is 0 Å². The molecule has 0 saturated carbocycles. The highest BCUT2D eigenvalue weighted by Gasteiger charge is 2.18. The zero-order valence-corrected chi connectivity index (χ0v) is 10.5. The minimum Gasteiger partial charge on any atom is -0.487 e. The van der Waals surface area contributed by atoms with E-state index in [1.807, 2.05) is 11.6 Å². The van der Waals surface area contributed by atoms with E-state index in [-0.39, 0.29) is 13.4 Å². The maximum Gasteiger partial charge on any atom is 0.231 e. The van der Waals surface area contributed by atoms with Gasteiger partial charge in [0.25, 0.3) is 0 Å². The van der Waals surface area contributed by atoms with Crippen LogP contribution in [0.2, 0.25) is 0 Å². The second-order valence-electron chi connectivity index (χ2n) is 4.26. The van der Waals surface area contributed by atoms with Crippen LogP contribution in [0.1, 0.15) is 11.3 Å². The summed E-state index contributed by atoms with van der Waals surface area (Å²) in [7, 11) is 1.90. The summed E-state index contributed by atoms with van der Waals surface area (Å²) < 4.78 is 18.2. The van der Waals surface area contributed by atoms with E-state index in [1.54, 1.807) is 24.7 Å². The highest BCUT2D eigenvalue weighted by Crippen LogP contribution is 2.38.